The first kappa shape index (κ1) is 19.4. The van der Waals surface area contributed by atoms with Gasteiger partial charge < -0.3 is 10.1 Å². The quantitative estimate of drug-likeness (QED) is 0.465. The molecule has 1 saturated heterocycles. The van der Waals surface area contributed by atoms with E-state index in [-0.39, 0.29) is 19.4 Å². The van der Waals surface area contributed by atoms with E-state index in [4.69, 9.17) is 4.74 Å². The smallest absolute Gasteiger partial charge is 0.322 e. The average Bonchev–Trinajstić information content (AvgIpc) is 3.34. The van der Waals surface area contributed by atoms with Crippen molar-refractivity contribution in [2.24, 2.45) is 0 Å². The van der Waals surface area contributed by atoms with Crippen molar-refractivity contribution in [3.8, 4) is 16.9 Å². The number of esters is 1. The van der Waals surface area contributed by atoms with Gasteiger partial charge in [-0.1, -0.05) is 48.5 Å². The molecule has 0 radical (unpaired) electrons. The molecule has 1 aliphatic heterocycles. The van der Waals surface area contributed by atoms with Crippen molar-refractivity contribution in [2.45, 2.75) is 25.5 Å². The minimum Gasteiger partial charge on any atom is -0.461 e. The van der Waals surface area contributed by atoms with Gasteiger partial charge in [0.25, 0.3) is 5.91 Å². The zero-order valence-electron chi connectivity index (χ0n) is 16.1. The Kier molecular flexibility index (Phi) is 5.56. The Hall–Kier alpha value is -3.94. The average molecular weight is 404 g/mol. The van der Waals surface area contributed by atoms with Crippen molar-refractivity contribution in [2.75, 3.05) is 0 Å². The number of para-hydroxylation sites is 1. The number of imide groups is 1. The van der Waals surface area contributed by atoms with Gasteiger partial charge in [0, 0.05) is 23.7 Å². The largest absolute Gasteiger partial charge is 0.461 e. The highest BCUT2D eigenvalue weighted by molar-refractivity contribution is 6.04. The second-order valence-corrected chi connectivity index (χ2v) is 6.86. The number of amides is 3. The molecule has 0 saturated carbocycles. The van der Waals surface area contributed by atoms with Crippen molar-refractivity contribution in [3.05, 3.63) is 72.4 Å². The third-order valence-corrected chi connectivity index (χ3v) is 4.74. The third kappa shape index (κ3) is 4.38. The number of ether oxygens (including phenoxy) is 1. The molecule has 2 N–H and O–H groups in total. The van der Waals surface area contributed by atoms with Crippen LogP contribution < -0.4 is 10.6 Å². The second kappa shape index (κ2) is 8.60. The maximum Gasteiger partial charge on any atom is 0.322 e. The summed E-state index contributed by atoms with van der Waals surface area (Å²) in [5.74, 6) is -0.876. The number of benzene rings is 2. The fourth-order valence-corrected chi connectivity index (χ4v) is 3.22. The molecule has 0 aliphatic carbocycles. The predicted molar refractivity (Wildman–Crippen MR) is 108 cm³/mol. The second-order valence-electron chi connectivity index (χ2n) is 6.86. The van der Waals surface area contributed by atoms with Gasteiger partial charge in [-0.15, -0.1) is 0 Å². The molecule has 1 unspecified atom stereocenters. The first-order chi connectivity index (χ1) is 14.6. The molecule has 1 aromatic heterocycles. The van der Waals surface area contributed by atoms with E-state index in [1.165, 1.54) is 0 Å². The Bertz CT molecular complexity index is 1060. The third-order valence-electron chi connectivity index (χ3n) is 4.74. The van der Waals surface area contributed by atoms with Crippen molar-refractivity contribution in [1.82, 2.24) is 20.4 Å². The van der Waals surface area contributed by atoms with E-state index in [1.807, 2.05) is 66.9 Å². The van der Waals surface area contributed by atoms with Gasteiger partial charge in [0.15, 0.2) is 0 Å². The van der Waals surface area contributed by atoms with Crippen LogP contribution in [0, 0.1) is 0 Å². The van der Waals surface area contributed by atoms with E-state index in [1.54, 1.807) is 4.68 Å². The number of nitrogens with one attached hydrogen (secondary N) is 2. The van der Waals surface area contributed by atoms with Gasteiger partial charge in [-0.3, -0.25) is 14.9 Å². The van der Waals surface area contributed by atoms with Crippen LogP contribution in [0.3, 0.4) is 0 Å². The van der Waals surface area contributed by atoms with Gasteiger partial charge in [0.1, 0.15) is 12.6 Å². The van der Waals surface area contributed by atoms with Crippen LogP contribution in [-0.2, 0) is 20.9 Å². The van der Waals surface area contributed by atoms with Crippen LogP contribution in [-0.4, -0.2) is 33.7 Å². The number of hydrogen-bond donors (Lipinski definition) is 2. The lowest BCUT2D eigenvalue weighted by atomic mass is 10.1. The molecule has 3 aromatic rings. The minimum atomic E-state index is -0.703. The van der Waals surface area contributed by atoms with Crippen LogP contribution in [0.1, 0.15) is 18.4 Å². The monoisotopic (exact) mass is 404 g/mol. The normalized spacial score (nSPS) is 15.5. The summed E-state index contributed by atoms with van der Waals surface area (Å²) in [5, 5.41) is 9.29. The van der Waals surface area contributed by atoms with Crippen molar-refractivity contribution < 1.29 is 19.1 Å². The van der Waals surface area contributed by atoms with Crippen LogP contribution in [0.15, 0.2) is 66.9 Å². The lowest BCUT2D eigenvalue weighted by Crippen LogP contribution is -2.29. The molecule has 3 amide bonds. The fourth-order valence-electron chi connectivity index (χ4n) is 3.22. The molecule has 152 valence electrons. The van der Waals surface area contributed by atoms with E-state index in [2.05, 4.69) is 15.7 Å². The molecule has 1 aliphatic rings. The molecule has 30 heavy (non-hydrogen) atoms. The molecule has 2 heterocycles. The number of carbonyl (C=O) groups excluding carboxylic acids is 3. The van der Waals surface area contributed by atoms with Gasteiger partial charge >= 0.3 is 12.0 Å². The molecule has 4 rings (SSSR count). The summed E-state index contributed by atoms with van der Waals surface area (Å²) in [5.41, 5.74) is 3.32. The molecular formula is C22H20N4O4. The number of carbonyl (C=O) groups is 3. The zero-order chi connectivity index (χ0) is 20.9. The number of aromatic nitrogens is 2. The number of urea groups is 1. The molecule has 1 atom stereocenters. The highest BCUT2D eigenvalue weighted by atomic mass is 16.5. The highest BCUT2D eigenvalue weighted by Crippen LogP contribution is 2.24. The number of rotatable bonds is 7. The first-order valence-electron chi connectivity index (χ1n) is 9.56. The maximum atomic E-state index is 12.2. The first-order valence-corrected chi connectivity index (χ1v) is 9.56. The van der Waals surface area contributed by atoms with Crippen LogP contribution >= 0.6 is 0 Å². The summed E-state index contributed by atoms with van der Waals surface area (Å²) in [6.45, 7) is 0.0547. The van der Waals surface area contributed by atoms with E-state index >= 15 is 0 Å². The van der Waals surface area contributed by atoms with E-state index in [9.17, 15) is 14.4 Å². The van der Waals surface area contributed by atoms with Gasteiger partial charge in [-0.25, -0.2) is 9.48 Å². The molecule has 0 spiro atoms. The van der Waals surface area contributed by atoms with Gasteiger partial charge in [-0.05, 0) is 18.6 Å². The molecular weight excluding hydrogens is 384 g/mol. The summed E-state index contributed by atoms with van der Waals surface area (Å²) in [6.07, 6.45) is 2.05. The highest BCUT2D eigenvalue weighted by Gasteiger charge is 2.29. The lowest BCUT2D eigenvalue weighted by molar-refractivity contribution is -0.145. The summed E-state index contributed by atoms with van der Waals surface area (Å²) in [6, 6.07) is 18.1. The Labute approximate surface area is 172 Å². The van der Waals surface area contributed by atoms with Gasteiger partial charge in [0.05, 0.1) is 11.4 Å². The Balaban J connectivity index is 1.46. The molecule has 2 aromatic carbocycles. The van der Waals surface area contributed by atoms with Gasteiger partial charge in [-0.2, -0.15) is 5.10 Å². The van der Waals surface area contributed by atoms with Crippen LogP contribution in [0.4, 0.5) is 4.79 Å². The summed E-state index contributed by atoms with van der Waals surface area (Å²) >= 11 is 0. The van der Waals surface area contributed by atoms with Crippen molar-refractivity contribution in [3.63, 3.8) is 0 Å². The Morgan fingerprint density at radius 1 is 1.03 bits per heavy atom. The SMILES string of the molecule is O=C1NC(=O)C(CCC(=O)OCc2cn(-c3ccccc3)nc2-c2ccccc2)N1. The Morgan fingerprint density at radius 2 is 1.73 bits per heavy atom. The molecule has 1 fully saturated rings. The number of hydrogen-bond acceptors (Lipinski definition) is 5. The zero-order valence-corrected chi connectivity index (χ0v) is 16.1. The molecule has 8 heteroatoms. The van der Waals surface area contributed by atoms with E-state index in [0.29, 0.717) is 0 Å². The summed E-state index contributed by atoms with van der Waals surface area (Å²) in [4.78, 5) is 34.9. The van der Waals surface area contributed by atoms with Crippen LogP contribution in [0.25, 0.3) is 16.9 Å². The van der Waals surface area contributed by atoms with E-state index in [0.717, 1.165) is 22.5 Å². The molecule has 0 bridgehead atoms. The van der Waals surface area contributed by atoms with Crippen molar-refractivity contribution in [1.29, 1.82) is 0 Å². The molecule has 8 nitrogen and oxygen atoms in total. The fraction of sp³-hybridized carbons (Fsp3) is 0.182. The van der Waals surface area contributed by atoms with Crippen LogP contribution in [0.2, 0.25) is 0 Å². The minimum absolute atomic E-state index is 0.0197. The van der Waals surface area contributed by atoms with Crippen molar-refractivity contribution >= 4 is 17.9 Å². The number of nitrogens with zero attached hydrogens (tertiary/aromatic N) is 2. The lowest BCUT2D eigenvalue weighted by Gasteiger charge is -2.08. The standard InChI is InChI=1S/C22H20N4O4/c27-19(12-11-18-21(28)24-22(29)23-18)30-14-16-13-26(17-9-5-2-6-10-17)25-20(16)15-7-3-1-4-8-15/h1-10,13,18H,11-12,14H2,(H2,23,24,28,29). The topological polar surface area (TPSA) is 102 Å². The predicted octanol–water partition coefficient (Wildman–Crippen LogP) is 2.57. The summed E-state index contributed by atoms with van der Waals surface area (Å²) < 4.78 is 7.18. The van der Waals surface area contributed by atoms with Crippen LogP contribution in [0.5, 0.6) is 0 Å². The van der Waals surface area contributed by atoms with Gasteiger partial charge in [0.2, 0.25) is 0 Å². The Morgan fingerprint density at radius 3 is 2.40 bits per heavy atom. The summed E-state index contributed by atoms with van der Waals surface area (Å²) in [7, 11) is 0. The van der Waals surface area contributed by atoms with E-state index < -0.39 is 23.9 Å². The maximum absolute atomic E-state index is 12.2.